The highest BCUT2D eigenvalue weighted by molar-refractivity contribution is 7.97. The Hall–Kier alpha value is -2.43. The van der Waals surface area contributed by atoms with Crippen LogP contribution in [0.25, 0.3) is 0 Å². The Morgan fingerprint density at radius 2 is 2.04 bits per heavy atom. The van der Waals surface area contributed by atoms with Crippen molar-refractivity contribution in [2.45, 2.75) is 11.8 Å². The number of rotatable bonds is 6. The van der Waals surface area contributed by atoms with Crippen LogP contribution in [0.3, 0.4) is 0 Å². The molecule has 7 heteroatoms. The van der Waals surface area contributed by atoms with Gasteiger partial charge in [0, 0.05) is 16.6 Å². The second kappa shape index (κ2) is 7.72. The van der Waals surface area contributed by atoms with Crippen molar-refractivity contribution in [3.05, 3.63) is 35.9 Å². The van der Waals surface area contributed by atoms with Gasteiger partial charge in [-0.15, -0.1) is 0 Å². The van der Waals surface area contributed by atoms with Crippen molar-refractivity contribution in [1.29, 1.82) is 5.26 Å². The number of nitriles is 1. The molecule has 0 bridgehead atoms. The lowest BCUT2D eigenvalue weighted by Crippen LogP contribution is -2.04. The van der Waals surface area contributed by atoms with Crippen molar-refractivity contribution < 1.29 is 4.74 Å². The molecule has 1 heterocycles. The molecule has 0 amide bonds. The van der Waals surface area contributed by atoms with Crippen molar-refractivity contribution in [1.82, 2.24) is 9.29 Å². The van der Waals surface area contributed by atoms with E-state index in [2.05, 4.69) is 10.3 Å². The number of anilines is 3. The molecule has 120 valence electrons. The highest BCUT2D eigenvalue weighted by atomic mass is 32.2. The van der Waals surface area contributed by atoms with Gasteiger partial charge in [0.1, 0.15) is 17.5 Å². The van der Waals surface area contributed by atoms with Gasteiger partial charge in [0.25, 0.3) is 0 Å². The van der Waals surface area contributed by atoms with Crippen LogP contribution < -0.4 is 15.8 Å². The molecule has 0 aliphatic heterocycles. The van der Waals surface area contributed by atoms with Crippen LogP contribution in [-0.2, 0) is 0 Å². The molecule has 1 aromatic heterocycles. The minimum atomic E-state index is 0.247. The SMILES string of the molecule is CCOc1nc(Nc2ccc(SN(C)C)cc2)cc(N)c1C#N. The molecule has 1 aromatic carbocycles. The van der Waals surface area contributed by atoms with E-state index in [0.29, 0.717) is 18.1 Å². The first kappa shape index (κ1) is 16.9. The normalized spacial score (nSPS) is 10.4. The van der Waals surface area contributed by atoms with Gasteiger partial charge in [0.05, 0.1) is 12.3 Å². The molecule has 0 spiro atoms. The number of nitrogens with one attached hydrogen (secondary N) is 1. The lowest BCUT2D eigenvalue weighted by Gasteiger charge is -2.12. The van der Waals surface area contributed by atoms with E-state index in [4.69, 9.17) is 15.7 Å². The summed E-state index contributed by atoms with van der Waals surface area (Å²) in [5.74, 6) is 0.787. The summed E-state index contributed by atoms with van der Waals surface area (Å²) in [4.78, 5) is 5.45. The molecule has 23 heavy (non-hydrogen) atoms. The summed E-state index contributed by atoms with van der Waals surface area (Å²) in [6, 6.07) is 11.6. The molecule has 0 radical (unpaired) electrons. The fourth-order valence-corrected chi connectivity index (χ4v) is 2.60. The van der Waals surface area contributed by atoms with Crippen LogP contribution in [-0.4, -0.2) is 30.0 Å². The molecule has 6 nitrogen and oxygen atoms in total. The summed E-state index contributed by atoms with van der Waals surface area (Å²) in [6.45, 7) is 2.25. The van der Waals surface area contributed by atoms with Gasteiger partial charge >= 0.3 is 0 Å². The summed E-state index contributed by atoms with van der Waals surface area (Å²) in [6.07, 6.45) is 0. The van der Waals surface area contributed by atoms with E-state index < -0.39 is 0 Å². The van der Waals surface area contributed by atoms with Crippen LogP contribution in [0.4, 0.5) is 17.2 Å². The lowest BCUT2D eigenvalue weighted by atomic mass is 10.2. The molecule has 0 saturated heterocycles. The van der Waals surface area contributed by atoms with Crippen LogP contribution >= 0.6 is 11.9 Å². The minimum Gasteiger partial charge on any atom is -0.477 e. The van der Waals surface area contributed by atoms with Crippen molar-refractivity contribution in [3.63, 3.8) is 0 Å². The van der Waals surface area contributed by atoms with Gasteiger partial charge in [-0.25, -0.2) is 0 Å². The third kappa shape index (κ3) is 4.52. The summed E-state index contributed by atoms with van der Waals surface area (Å²) < 4.78 is 7.41. The average molecular weight is 329 g/mol. The van der Waals surface area contributed by atoms with Gasteiger partial charge in [0.15, 0.2) is 0 Å². The van der Waals surface area contributed by atoms with Gasteiger partial charge < -0.3 is 15.8 Å². The zero-order valence-corrected chi connectivity index (χ0v) is 14.1. The van der Waals surface area contributed by atoms with Gasteiger partial charge in [0.2, 0.25) is 5.88 Å². The Morgan fingerprint density at radius 3 is 2.61 bits per heavy atom. The van der Waals surface area contributed by atoms with Crippen LogP contribution in [0, 0.1) is 11.3 Å². The average Bonchev–Trinajstić information content (AvgIpc) is 2.49. The smallest absolute Gasteiger partial charge is 0.235 e. The summed E-state index contributed by atoms with van der Waals surface area (Å²) >= 11 is 1.64. The lowest BCUT2D eigenvalue weighted by molar-refractivity contribution is 0.326. The fourth-order valence-electron chi connectivity index (χ4n) is 1.92. The van der Waals surface area contributed by atoms with Gasteiger partial charge in [-0.05, 0) is 57.2 Å². The van der Waals surface area contributed by atoms with E-state index in [1.165, 1.54) is 0 Å². The number of pyridine rings is 1. The van der Waals surface area contributed by atoms with Gasteiger partial charge in [-0.3, -0.25) is 4.31 Å². The van der Waals surface area contributed by atoms with E-state index in [1.54, 1.807) is 18.0 Å². The maximum Gasteiger partial charge on any atom is 0.235 e. The Kier molecular flexibility index (Phi) is 5.68. The van der Waals surface area contributed by atoms with Crippen LogP contribution in [0.15, 0.2) is 35.2 Å². The van der Waals surface area contributed by atoms with Crippen molar-refractivity contribution >= 4 is 29.1 Å². The van der Waals surface area contributed by atoms with E-state index in [1.807, 2.05) is 55.7 Å². The number of ether oxygens (including phenoxy) is 1. The second-order valence-electron chi connectivity index (χ2n) is 4.87. The zero-order chi connectivity index (χ0) is 16.8. The Bertz CT molecular complexity index is 710. The molecule has 0 fully saturated rings. The Morgan fingerprint density at radius 1 is 1.35 bits per heavy atom. The summed E-state index contributed by atoms with van der Waals surface area (Å²) in [7, 11) is 3.99. The number of nitrogen functional groups attached to an aromatic ring is 1. The number of benzene rings is 1. The van der Waals surface area contributed by atoms with E-state index >= 15 is 0 Å². The highest BCUT2D eigenvalue weighted by Crippen LogP contribution is 2.28. The number of nitrogens with two attached hydrogens (primary N) is 1. The zero-order valence-electron chi connectivity index (χ0n) is 13.3. The maximum atomic E-state index is 9.13. The van der Waals surface area contributed by atoms with Gasteiger partial charge in [-0.1, -0.05) is 0 Å². The third-order valence-corrected chi connectivity index (χ3v) is 3.67. The third-order valence-electron chi connectivity index (χ3n) is 2.82. The monoisotopic (exact) mass is 329 g/mol. The largest absolute Gasteiger partial charge is 0.477 e. The quantitative estimate of drug-likeness (QED) is 0.787. The van der Waals surface area contributed by atoms with Crippen LogP contribution in [0.1, 0.15) is 12.5 Å². The number of aromatic nitrogens is 1. The van der Waals surface area contributed by atoms with Crippen molar-refractivity contribution in [3.8, 4) is 11.9 Å². The van der Waals surface area contributed by atoms with E-state index in [0.717, 1.165) is 10.6 Å². The topological polar surface area (TPSA) is 87.2 Å². The first-order chi connectivity index (χ1) is 11.0. The van der Waals surface area contributed by atoms with Crippen molar-refractivity contribution in [2.24, 2.45) is 0 Å². The minimum absolute atomic E-state index is 0.247. The molecule has 2 aromatic rings. The van der Waals surface area contributed by atoms with E-state index in [9.17, 15) is 0 Å². The predicted molar refractivity (Wildman–Crippen MR) is 93.8 cm³/mol. The first-order valence-corrected chi connectivity index (χ1v) is 7.86. The van der Waals surface area contributed by atoms with Crippen LogP contribution in [0.5, 0.6) is 5.88 Å². The second-order valence-corrected chi connectivity index (χ2v) is 6.26. The highest BCUT2D eigenvalue weighted by Gasteiger charge is 2.12. The number of hydrogen-bond acceptors (Lipinski definition) is 7. The number of hydrogen-bond donors (Lipinski definition) is 2. The fraction of sp³-hybridized carbons (Fsp3) is 0.250. The Labute approximate surface area is 140 Å². The van der Waals surface area contributed by atoms with Gasteiger partial charge in [-0.2, -0.15) is 10.2 Å². The molecule has 3 N–H and O–H groups in total. The molecule has 0 aliphatic rings. The molecule has 0 atom stereocenters. The molecular formula is C16H19N5OS. The van der Waals surface area contributed by atoms with Crippen LogP contribution in [0.2, 0.25) is 0 Å². The molecule has 2 rings (SSSR count). The first-order valence-electron chi connectivity index (χ1n) is 7.09. The molecule has 0 unspecified atom stereocenters. The summed E-state index contributed by atoms with van der Waals surface area (Å²) in [5.41, 5.74) is 7.39. The molecular weight excluding hydrogens is 310 g/mol. The Balaban J connectivity index is 2.21. The molecule has 0 saturated carbocycles. The maximum absolute atomic E-state index is 9.13. The van der Waals surface area contributed by atoms with E-state index in [-0.39, 0.29) is 11.4 Å². The molecule has 0 aliphatic carbocycles. The standard InChI is InChI=1S/C16H19N5OS/c1-4-22-16-13(10-17)14(18)9-15(20-16)19-11-5-7-12(8-6-11)23-21(2)3/h5-9H,4H2,1-3H3,(H3,18,19,20). The predicted octanol–water partition coefficient (Wildman–Crippen LogP) is 3.25. The summed E-state index contributed by atoms with van der Waals surface area (Å²) in [5, 5.41) is 12.3. The van der Waals surface area contributed by atoms with Crippen molar-refractivity contribution in [2.75, 3.05) is 31.8 Å². The number of nitrogens with zero attached hydrogens (tertiary/aromatic N) is 3.